The van der Waals surface area contributed by atoms with E-state index >= 15 is 0 Å². The molecule has 0 aliphatic carbocycles. The Labute approximate surface area is 173 Å². The van der Waals surface area contributed by atoms with Crippen LogP contribution >= 0.6 is 11.8 Å². The van der Waals surface area contributed by atoms with Crippen molar-refractivity contribution in [1.29, 1.82) is 0 Å². The molecule has 0 aromatic heterocycles. The van der Waals surface area contributed by atoms with Crippen molar-refractivity contribution in [2.45, 2.75) is 45.3 Å². The molecule has 0 bridgehead atoms. The zero-order valence-corrected chi connectivity index (χ0v) is 17.8. The van der Waals surface area contributed by atoms with Gasteiger partial charge in [0.15, 0.2) is 0 Å². The summed E-state index contributed by atoms with van der Waals surface area (Å²) >= 11 is 1.45. The van der Waals surface area contributed by atoms with Gasteiger partial charge in [-0.3, -0.25) is 19.9 Å². The number of nitro groups is 1. The molecule has 29 heavy (non-hydrogen) atoms. The molecule has 158 valence electrons. The van der Waals surface area contributed by atoms with Crippen LogP contribution in [0.5, 0.6) is 0 Å². The summed E-state index contributed by atoms with van der Waals surface area (Å²) < 4.78 is 26.0. The van der Waals surface area contributed by atoms with Crippen molar-refractivity contribution in [1.82, 2.24) is 0 Å². The second kappa shape index (κ2) is 8.02. The topological polar surface area (TPSA) is 91.0 Å². The number of hydrogen-bond donors (Lipinski definition) is 0. The molecule has 0 saturated carbocycles. The van der Waals surface area contributed by atoms with Crippen molar-refractivity contribution in [3.05, 3.63) is 39.7 Å². The van der Waals surface area contributed by atoms with Crippen LogP contribution in [0.15, 0.2) is 23.2 Å². The van der Waals surface area contributed by atoms with E-state index in [2.05, 4.69) is 0 Å². The molecule has 2 heterocycles. The maximum atomic E-state index is 14.9. The standard InChI is InChI=1S/C20H25FN2O5S/c1-12-9-27-11-20(14-7-13(23(25)26)5-6-16(14)21)15(12)10-29-17(22-20)8-18(24)28-19(2,3)4/h5-7,12,15H,8-11H2,1-4H3/t12-,15+,20+/m0/s1. The van der Waals surface area contributed by atoms with Crippen molar-refractivity contribution in [2.24, 2.45) is 16.8 Å². The van der Waals surface area contributed by atoms with Crippen LogP contribution in [0.3, 0.4) is 0 Å². The molecule has 1 aromatic carbocycles. The van der Waals surface area contributed by atoms with E-state index in [0.717, 1.165) is 12.1 Å². The number of hydrogen-bond acceptors (Lipinski definition) is 7. The summed E-state index contributed by atoms with van der Waals surface area (Å²) in [6.45, 7) is 7.98. The van der Waals surface area contributed by atoms with Crippen molar-refractivity contribution < 1.29 is 23.6 Å². The summed E-state index contributed by atoms with van der Waals surface area (Å²) in [5, 5.41) is 11.8. The van der Waals surface area contributed by atoms with Gasteiger partial charge in [-0.05, 0) is 32.8 Å². The van der Waals surface area contributed by atoms with Crippen molar-refractivity contribution in [3.8, 4) is 0 Å². The summed E-state index contributed by atoms with van der Waals surface area (Å²) in [4.78, 5) is 27.8. The number of aliphatic imine (C=N–C) groups is 1. The van der Waals surface area contributed by atoms with Gasteiger partial charge in [-0.25, -0.2) is 4.39 Å². The normalized spacial score (nSPS) is 27.0. The van der Waals surface area contributed by atoms with E-state index in [-0.39, 0.29) is 36.1 Å². The number of halogens is 1. The molecule has 2 aliphatic rings. The van der Waals surface area contributed by atoms with Gasteiger partial charge in [-0.15, -0.1) is 11.8 Å². The Morgan fingerprint density at radius 2 is 2.21 bits per heavy atom. The molecule has 7 nitrogen and oxygen atoms in total. The number of nitro benzene ring substituents is 1. The molecule has 2 aliphatic heterocycles. The lowest BCUT2D eigenvalue weighted by atomic mass is 9.72. The maximum absolute atomic E-state index is 14.9. The SMILES string of the molecule is C[C@H]1COC[C@]2(c3cc([N+](=O)[O-])ccc3F)N=C(CC(=O)OC(C)(C)C)SC[C@H]12. The molecule has 1 saturated heterocycles. The lowest BCUT2D eigenvalue weighted by Crippen LogP contribution is -2.51. The van der Waals surface area contributed by atoms with Gasteiger partial charge in [0.25, 0.3) is 5.69 Å². The predicted octanol–water partition coefficient (Wildman–Crippen LogP) is 4.09. The number of carbonyl (C=O) groups excluding carboxylic acids is 1. The van der Waals surface area contributed by atoms with E-state index in [9.17, 15) is 19.3 Å². The molecule has 3 rings (SSSR count). The maximum Gasteiger partial charge on any atom is 0.312 e. The van der Waals surface area contributed by atoms with E-state index in [1.807, 2.05) is 6.92 Å². The Bertz CT molecular complexity index is 854. The van der Waals surface area contributed by atoms with E-state index in [0.29, 0.717) is 17.4 Å². The fraction of sp³-hybridized carbons (Fsp3) is 0.600. The Morgan fingerprint density at radius 3 is 2.86 bits per heavy atom. The Kier molecular flexibility index (Phi) is 6.01. The van der Waals surface area contributed by atoms with Crippen LogP contribution in [-0.4, -0.2) is 40.5 Å². The van der Waals surface area contributed by atoms with Crippen LogP contribution < -0.4 is 0 Å². The van der Waals surface area contributed by atoms with Gasteiger partial charge in [-0.1, -0.05) is 6.92 Å². The average Bonchev–Trinajstić information content (AvgIpc) is 2.60. The molecule has 0 unspecified atom stereocenters. The molecular formula is C20H25FN2O5S. The van der Waals surface area contributed by atoms with Crippen LogP contribution in [0, 0.1) is 27.8 Å². The molecule has 1 aromatic rings. The number of fused-ring (bicyclic) bond motifs is 1. The third-order valence-electron chi connectivity index (χ3n) is 5.10. The highest BCUT2D eigenvalue weighted by molar-refractivity contribution is 8.14. The summed E-state index contributed by atoms with van der Waals surface area (Å²) in [7, 11) is 0. The Hall–Kier alpha value is -2.00. The number of thioether (sulfide) groups is 1. The second-order valence-corrected chi connectivity index (χ2v) is 9.62. The van der Waals surface area contributed by atoms with Crippen LogP contribution in [0.4, 0.5) is 10.1 Å². The van der Waals surface area contributed by atoms with Gasteiger partial charge < -0.3 is 9.47 Å². The minimum Gasteiger partial charge on any atom is -0.460 e. The van der Waals surface area contributed by atoms with E-state index in [1.165, 1.54) is 17.8 Å². The zero-order chi connectivity index (χ0) is 21.4. The van der Waals surface area contributed by atoms with E-state index < -0.39 is 27.8 Å². The van der Waals surface area contributed by atoms with Gasteiger partial charge >= 0.3 is 5.97 Å². The third-order valence-corrected chi connectivity index (χ3v) is 6.19. The van der Waals surface area contributed by atoms with Crippen molar-refractivity contribution in [3.63, 3.8) is 0 Å². The number of ether oxygens (including phenoxy) is 2. The first-order valence-electron chi connectivity index (χ1n) is 9.47. The van der Waals surface area contributed by atoms with Gasteiger partial charge in [0, 0.05) is 36.0 Å². The lowest BCUT2D eigenvalue weighted by Gasteiger charge is -2.47. The number of nitrogens with zero attached hydrogens (tertiary/aromatic N) is 2. The summed E-state index contributed by atoms with van der Waals surface area (Å²) in [6.07, 6.45) is -0.0265. The minimum absolute atomic E-state index is 0.0265. The first kappa shape index (κ1) is 21.7. The molecule has 9 heteroatoms. The van der Waals surface area contributed by atoms with Gasteiger partial charge in [-0.2, -0.15) is 0 Å². The largest absolute Gasteiger partial charge is 0.460 e. The van der Waals surface area contributed by atoms with Crippen molar-refractivity contribution in [2.75, 3.05) is 19.0 Å². The number of rotatable bonds is 4. The summed E-state index contributed by atoms with van der Waals surface area (Å²) in [5.74, 6) is -0.344. The van der Waals surface area contributed by atoms with Crippen LogP contribution in [0.25, 0.3) is 0 Å². The average molecular weight is 424 g/mol. The van der Waals surface area contributed by atoms with Gasteiger partial charge in [0.2, 0.25) is 0 Å². The molecular weight excluding hydrogens is 399 g/mol. The first-order chi connectivity index (χ1) is 13.5. The number of carbonyl (C=O) groups is 1. The van der Waals surface area contributed by atoms with Crippen LogP contribution in [0.2, 0.25) is 0 Å². The molecule has 3 atom stereocenters. The second-order valence-electron chi connectivity index (χ2n) is 8.52. The van der Waals surface area contributed by atoms with E-state index in [4.69, 9.17) is 14.5 Å². The number of non-ortho nitro benzene ring substituents is 1. The summed E-state index contributed by atoms with van der Waals surface area (Å²) in [6, 6.07) is 3.48. The highest BCUT2D eigenvalue weighted by Crippen LogP contribution is 2.48. The third kappa shape index (κ3) is 4.61. The smallest absolute Gasteiger partial charge is 0.312 e. The molecule has 1 fully saturated rings. The zero-order valence-electron chi connectivity index (χ0n) is 16.9. The monoisotopic (exact) mass is 424 g/mol. The fourth-order valence-corrected chi connectivity index (χ4v) is 5.26. The number of benzene rings is 1. The van der Waals surface area contributed by atoms with E-state index in [1.54, 1.807) is 20.8 Å². The molecule has 0 N–H and O–H groups in total. The Balaban J connectivity index is 2.04. The fourth-order valence-electron chi connectivity index (χ4n) is 3.84. The number of esters is 1. The summed E-state index contributed by atoms with van der Waals surface area (Å²) in [5.41, 5.74) is -1.78. The Morgan fingerprint density at radius 1 is 1.48 bits per heavy atom. The minimum atomic E-state index is -1.10. The van der Waals surface area contributed by atoms with Gasteiger partial charge in [0.05, 0.1) is 23.0 Å². The molecule has 0 amide bonds. The van der Waals surface area contributed by atoms with Crippen LogP contribution in [-0.2, 0) is 19.8 Å². The van der Waals surface area contributed by atoms with Gasteiger partial charge in [0.1, 0.15) is 17.0 Å². The predicted molar refractivity (Wildman–Crippen MR) is 109 cm³/mol. The molecule has 0 spiro atoms. The van der Waals surface area contributed by atoms with Crippen molar-refractivity contribution >= 4 is 28.5 Å². The first-order valence-corrected chi connectivity index (χ1v) is 10.5. The lowest BCUT2D eigenvalue weighted by molar-refractivity contribution is -0.385. The highest BCUT2D eigenvalue weighted by Gasteiger charge is 2.50. The molecule has 0 radical (unpaired) electrons. The quantitative estimate of drug-likeness (QED) is 0.411. The van der Waals surface area contributed by atoms with Crippen LogP contribution in [0.1, 0.15) is 39.7 Å². The highest BCUT2D eigenvalue weighted by atomic mass is 32.2.